The van der Waals surface area contributed by atoms with E-state index in [1.807, 2.05) is 13.8 Å². The summed E-state index contributed by atoms with van der Waals surface area (Å²) in [7, 11) is 1.47. The van der Waals surface area contributed by atoms with Gasteiger partial charge >= 0.3 is 0 Å². The first-order valence-electron chi connectivity index (χ1n) is 6.14. The highest BCUT2D eigenvalue weighted by atomic mass is 19.1. The van der Waals surface area contributed by atoms with Gasteiger partial charge in [0.1, 0.15) is 17.7 Å². The molecule has 0 aliphatic rings. The lowest BCUT2D eigenvalue weighted by atomic mass is 9.90. The lowest BCUT2D eigenvalue weighted by molar-refractivity contribution is -0.114. The summed E-state index contributed by atoms with van der Waals surface area (Å²) >= 11 is 0. The SMILES string of the molecule is CCOC(C)(CC)C(O)c1ccc(OC)cc1F. The fourth-order valence-corrected chi connectivity index (χ4v) is 1.89. The predicted molar refractivity (Wildman–Crippen MR) is 68.2 cm³/mol. The van der Waals surface area contributed by atoms with Crippen LogP contribution in [-0.2, 0) is 4.74 Å². The van der Waals surface area contributed by atoms with Crippen molar-refractivity contribution in [3.8, 4) is 5.75 Å². The smallest absolute Gasteiger partial charge is 0.132 e. The van der Waals surface area contributed by atoms with E-state index in [0.717, 1.165) is 0 Å². The Balaban J connectivity index is 3.05. The van der Waals surface area contributed by atoms with Gasteiger partial charge in [0.25, 0.3) is 0 Å². The largest absolute Gasteiger partial charge is 0.497 e. The van der Waals surface area contributed by atoms with Gasteiger partial charge in [-0.25, -0.2) is 4.39 Å². The quantitative estimate of drug-likeness (QED) is 0.850. The van der Waals surface area contributed by atoms with Gasteiger partial charge in [-0.05, 0) is 32.4 Å². The lowest BCUT2D eigenvalue weighted by Crippen LogP contribution is -2.36. The molecule has 0 radical (unpaired) electrons. The van der Waals surface area contributed by atoms with E-state index in [1.54, 1.807) is 13.0 Å². The van der Waals surface area contributed by atoms with Crippen molar-refractivity contribution in [1.29, 1.82) is 0 Å². The number of aliphatic hydroxyl groups is 1. The first-order valence-corrected chi connectivity index (χ1v) is 6.14. The zero-order valence-corrected chi connectivity index (χ0v) is 11.4. The normalized spacial score (nSPS) is 16.1. The van der Waals surface area contributed by atoms with Gasteiger partial charge in [-0.1, -0.05) is 6.92 Å². The summed E-state index contributed by atoms with van der Waals surface area (Å²) in [5.41, 5.74) is -0.557. The molecule has 0 aliphatic heterocycles. The van der Waals surface area contributed by atoms with Crippen molar-refractivity contribution in [1.82, 2.24) is 0 Å². The molecule has 4 heteroatoms. The van der Waals surface area contributed by atoms with Gasteiger partial charge < -0.3 is 14.6 Å². The van der Waals surface area contributed by atoms with Crippen molar-refractivity contribution >= 4 is 0 Å². The molecule has 3 nitrogen and oxygen atoms in total. The molecule has 1 N–H and O–H groups in total. The highest BCUT2D eigenvalue weighted by Crippen LogP contribution is 2.34. The number of benzene rings is 1. The van der Waals surface area contributed by atoms with Crippen LogP contribution in [0.2, 0.25) is 0 Å². The van der Waals surface area contributed by atoms with Crippen LogP contribution in [0.4, 0.5) is 4.39 Å². The molecular weight excluding hydrogens is 235 g/mol. The molecule has 0 saturated carbocycles. The van der Waals surface area contributed by atoms with E-state index in [1.165, 1.54) is 19.2 Å². The maximum absolute atomic E-state index is 13.9. The van der Waals surface area contributed by atoms with Crippen LogP contribution in [0.15, 0.2) is 18.2 Å². The van der Waals surface area contributed by atoms with Crippen LogP contribution in [0, 0.1) is 5.82 Å². The van der Waals surface area contributed by atoms with Gasteiger partial charge in [-0.3, -0.25) is 0 Å². The van der Waals surface area contributed by atoms with Crippen LogP contribution >= 0.6 is 0 Å². The van der Waals surface area contributed by atoms with E-state index in [0.29, 0.717) is 18.8 Å². The third-order valence-corrected chi connectivity index (χ3v) is 3.26. The minimum absolute atomic E-state index is 0.230. The van der Waals surface area contributed by atoms with Gasteiger partial charge in [-0.15, -0.1) is 0 Å². The van der Waals surface area contributed by atoms with Crippen LogP contribution in [-0.4, -0.2) is 24.4 Å². The Hall–Kier alpha value is -1.13. The molecule has 102 valence electrons. The number of hydrogen-bond acceptors (Lipinski definition) is 3. The molecule has 0 aliphatic carbocycles. The van der Waals surface area contributed by atoms with Crippen molar-refractivity contribution in [2.24, 2.45) is 0 Å². The van der Waals surface area contributed by atoms with Gasteiger partial charge in [-0.2, -0.15) is 0 Å². The summed E-state index contributed by atoms with van der Waals surface area (Å²) < 4.78 is 24.4. The molecule has 0 bridgehead atoms. The maximum atomic E-state index is 13.9. The second-order valence-corrected chi connectivity index (χ2v) is 4.39. The summed E-state index contributed by atoms with van der Waals surface area (Å²) in [6.07, 6.45) is -0.415. The molecular formula is C14H21FO3. The Morgan fingerprint density at radius 3 is 2.50 bits per heavy atom. The number of hydrogen-bond donors (Lipinski definition) is 1. The summed E-state index contributed by atoms with van der Waals surface area (Å²) in [5.74, 6) is -0.0562. The van der Waals surface area contributed by atoms with E-state index in [9.17, 15) is 9.50 Å². The Kier molecular flexibility index (Phi) is 5.11. The number of rotatable bonds is 6. The van der Waals surface area contributed by atoms with Crippen molar-refractivity contribution in [2.75, 3.05) is 13.7 Å². The maximum Gasteiger partial charge on any atom is 0.132 e. The van der Waals surface area contributed by atoms with Crippen LogP contribution in [0.3, 0.4) is 0 Å². The van der Waals surface area contributed by atoms with E-state index in [4.69, 9.17) is 9.47 Å². The van der Waals surface area contributed by atoms with E-state index >= 15 is 0 Å². The van der Waals surface area contributed by atoms with Gasteiger partial charge in [0, 0.05) is 18.2 Å². The fourth-order valence-electron chi connectivity index (χ4n) is 1.89. The Bertz CT molecular complexity index is 395. The molecule has 2 unspecified atom stereocenters. The van der Waals surface area contributed by atoms with Gasteiger partial charge in [0.15, 0.2) is 0 Å². The Morgan fingerprint density at radius 2 is 2.06 bits per heavy atom. The average Bonchev–Trinajstić information content (AvgIpc) is 2.37. The standard InChI is InChI=1S/C14H21FO3/c1-5-14(3,18-6-2)13(16)11-8-7-10(17-4)9-12(11)15/h7-9,13,16H,5-6H2,1-4H3. The summed E-state index contributed by atoms with van der Waals surface area (Å²) in [5, 5.41) is 10.3. The van der Waals surface area contributed by atoms with Gasteiger partial charge in [0.05, 0.1) is 12.7 Å². The molecule has 0 saturated heterocycles. The lowest BCUT2D eigenvalue weighted by Gasteiger charge is -2.33. The Labute approximate surface area is 108 Å². The second kappa shape index (κ2) is 6.16. The van der Waals surface area contributed by atoms with E-state index in [2.05, 4.69) is 0 Å². The third-order valence-electron chi connectivity index (χ3n) is 3.26. The first kappa shape index (κ1) is 14.9. The van der Waals surface area contributed by atoms with Crippen molar-refractivity contribution in [3.63, 3.8) is 0 Å². The van der Waals surface area contributed by atoms with Crippen molar-refractivity contribution in [3.05, 3.63) is 29.6 Å². The van der Waals surface area contributed by atoms with Crippen LogP contribution in [0.1, 0.15) is 38.9 Å². The zero-order chi connectivity index (χ0) is 13.8. The molecule has 1 aromatic rings. The fraction of sp³-hybridized carbons (Fsp3) is 0.571. The second-order valence-electron chi connectivity index (χ2n) is 4.39. The molecule has 2 atom stereocenters. The summed E-state index contributed by atoms with van der Waals surface area (Å²) in [6.45, 7) is 6.01. The Morgan fingerprint density at radius 1 is 1.39 bits per heavy atom. The van der Waals surface area contributed by atoms with Crippen LogP contribution in [0.5, 0.6) is 5.75 Å². The minimum Gasteiger partial charge on any atom is -0.497 e. The number of aliphatic hydroxyl groups excluding tert-OH is 1. The number of ether oxygens (including phenoxy) is 2. The number of halogens is 1. The highest BCUT2D eigenvalue weighted by Gasteiger charge is 2.34. The van der Waals surface area contributed by atoms with Crippen molar-refractivity contribution in [2.45, 2.75) is 38.9 Å². The molecule has 1 rings (SSSR count). The molecule has 18 heavy (non-hydrogen) atoms. The van der Waals surface area contributed by atoms with Gasteiger partial charge in [0.2, 0.25) is 0 Å². The summed E-state index contributed by atoms with van der Waals surface area (Å²) in [6, 6.07) is 4.43. The molecule has 1 aromatic carbocycles. The topological polar surface area (TPSA) is 38.7 Å². The zero-order valence-electron chi connectivity index (χ0n) is 11.4. The summed E-state index contributed by atoms with van der Waals surface area (Å²) in [4.78, 5) is 0. The van der Waals surface area contributed by atoms with Crippen LogP contribution in [0.25, 0.3) is 0 Å². The number of methoxy groups -OCH3 is 1. The first-order chi connectivity index (χ1) is 8.48. The van der Waals surface area contributed by atoms with E-state index in [-0.39, 0.29) is 5.56 Å². The molecule has 0 spiro atoms. The van der Waals surface area contributed by atoms with Crippen molar-refractivity contribution < 1.29 is 19.0 Å². The monoisotopic (exact) mass is 256 g/mol. The molecule has 0 fully saturated rings. The average molecular weight is 256 g/mol. The predicted octanol–water partition coefficient (Wildman–Crippen LogP) is 3.07. The molecule has 0 heterocycles. The highest BCUT2D eigenvalue weighted by molar-refractivity contribution is 5.31. The third kappa shape index (κ3) is 3.00. The minimum atomic E-state index is -1.01. The molecule has 0 amide bonds. The van der Waals surface area contributed by atoms with Crippen LogP contribution < -0.4 is 4.74 Å². The van der Waals surface area contributed by atoms with E-state index < -0.39 is 17.5 Å². The molecule has 0 aromatic heterocycles.